The van der Waals surface area contributed by atoms with E-state index in [0.717, 1.165) is 6.42 Å². The fraction of sp³-hybridized carbons (Fsp3) is 0.600. The minimum atomic E-state index is -0.0139. The summed E-state index contributed by atoms with van der Waals surface area (Å²) in [6, 6.07) is 0. The Kier molecular flexibility index (Phi) is 1.77. The number of nitrogens with one attached hydrogen (secondary N) is 1. The van der Waals surface area contributed by atoms with Crippen LogP contribution in [0, 0.1) is 0 Å². The molecule has 0 bridgehead atoms. The van der Waals surface area contributed by atoms with E-state index in [1.54, 1.807) is 11.8 Å². The van der Waals surface area contributed by atoms with Crippen LogP contribution in [0.5, 0.6) is 0 Å². The molecule has 0 aromatic rings. The molecule has 1 heterocycles. The summed E-state index contributed by atoms with van der Waals surface area (Å²) in [6.07, 6.45) is 2.97. The van der Waals surface area contributed by atoms with Gasteiger partial charge in [0.1, 0.15) is 4.20 Å². The summed E-state index contributed by atoms with van der Waals surface area (Å²) in [6.45, 7) is 2.11. The third-order valence-corrected chi connectivity index (χ3v) is 2.95. The van der Waals surface area contributed by atoms with Crippen LogP contribution >= 0.6 is 24.4 Å². The Morgan fingerprint density at radius 2 is 2.62 bits per heavy atom. The van der Waals surface area contributed by atoms with Gasteiger partial charge in [0.15, 0.2) is 0 Å². The predicted octanol–water partition coefficient (Wildman–Crippen LogP) is 1.79. The van der Waals surface area contributed by atoms with Crippen molar-refractivity contribution in [3.05, 3.63) is 11.6 Å². The molecule has 8 heavy (non-hydrogen) atoms. The van der Waals surface area contributed by atoms with E-state index in [-0.39, 0.29) is 4.20 Å². The zero-order valence-corrected chi connectivity index (χ0v) is 6.43. The summed E-state index contributed by atoms with van der Waals surface area (Å²) >= 11 is 6.09. The molecule has 0 fully saturated rings. The zero-order chi connectivity index (χ0) is 6.04. The van der Waals surface area contributed by atoms with Crippen molar-refractivity contribution in [2.24, 2.45) is 0 Å². The van der Waals surface area contributed by atoms with Crippen molar-refractivity contribution in [2.45, 2.75) is 17.5 Å². The largest absolute Gasteiger partial charge is 0.368 e. The first kappa shape index (κ1) is 6.36. The average Bonchev–Trinajstić information content (AvgIpc) is 2.17. The maximum Gasteiger partial charge on any atom is 0.131 e. The van der Waals surface area contributed by atoms with E-state index in [4.69, 9.17) is 0 Å². The Bertz CT molecular complexity index is 103. The summed E-state index contributed by atoms with van der Waals surface area (Å²) in [5.74, 6) is 0. The van der Waals surface area contributed by atoms with E-state index < -0.39 is 0 Å². The lowest BCUT2D eigenvalue weighted by Gasteiger charge is -2.19. The molecule has 0 aromatic carbocycles. The van der Waals surface area contributed by atoms with Crippen LogP contribution in [0.25, 0.3) is 0 Å². The summed E-state index contributed by atoms with van der Waals surface area (Å²) in [5.41, 5.74) is 0. The van der Waals surface area contributed by atoms with Gasteiger partial charge in [0.05, 0.1) is 0 Å². The highest BCUT2D eigenvalue weighted by Crippen LogP contribution is 2.34. The van der Waals surface area contributed by atoms with Gasteiger partial charge in [-0.15, -0.1) is 12.6 Å². The molecule has 0 saturated heterocycles. The van der Waals surface area contributed by atoms with Crippen molar-refractivity contribution in [1.29, 1.82) is 0 Å². The van der Waals surface area contributed by atoms with E-state index in [9.17, 15) is 0 Å². The Morgan fingerprint density at radius 3 is 2.88 bits per heavy atom. The number of thioether (sulfide) groups is 1. The molecule has 0 amide bonds. The van der Waals surface area contributed by atoms with Crippen molar-refractivity contribution >= 4 is 24.4 Å². The lowest BCUT2D eigenvalue weighted by Crippen LogP contribution is -2.27. The quantitative estimate of drug-likeness (QED) is 0.548. The van der Waals surface area contributed by atoms with Crippen LogP contribution in [-0.2, 0) is 0 Å². The maximum absolute atomic E-state index is 4.37. The number of hydrogen-bond donors (Lipinski definition) is 2. The molecule has 1 aliphatic heterocycles. The minimum absolute atomic E-state index is 0.0139. The van der Waals surface area contributed by atoms with Gasteiger partial charge >= 0.3 is 0 Å². The van der Waals surface area contributed by atoms with Gasteiger partial charge in [0.2, 0.25) is 0 Å². The van der Waals surface area contributed by atoms with Gasteiger partial charge in [-0.25, -0.2) is 0 Å². The van der Waals surface area contributed by atoms with Gasteiger partial charge in [0, 0.05) is 6.20 Å². The van der Waals surface area contributed by atoms with E-state index >= 15 is 0 Å². The second-order valence-corrected chi connectivity index (χ2v) is 3.97. The molecule has 3 heteroatoms. The van der Waals surface area contributed by atoms with Crippen molar-refractivity contribution in [3.8, 4) is 0 Å². The van der Waals surface area contributed by atoms with Crippen molar-refractivity contribution in [3.63, 3.8) is 0 Å². The number of rotatable bonds is 1. The predicted molar refractivity (Wildman–Crippen MR) is 41.9 cm³/mol. The second kappa shape index (κ2) is 2.23. The standard InChI is InChI=1S/C5H9NS2/c1-2-5(7)6-3-4-8-5/h3-4,6-7H,2H2,1H3. The topological polar surface area (TPSA) is 12.0 Å². The molecule has 0 radical (unpaired) electrons. The summed E-state index contributed by atoms with van der Waals surface area (Å²) in [7, 11) is 0. The van der Waals surface area contributed by atoms with Crippen LogP contribution in [0.3, 0.4) is 0 Å². The molecular formula is C5H9NS2. The van der Waals surface area contributed by atoms with Gasteiger partial charge in [-0.05, 0) is 11.8 Å². The minimum Gasteiger partial charge on any atom is -0.368 e. The van der Waals surface area contributed by atoms with Gasteiger partial charge in [-0.3, -0.25) is 0 Å². The summed E-state index contributed by atoms with van der Waals surface area (Å²) < 4.78 is -0.0139. The van der Waals surface area contributed by atoms with Crippen molar-refractivity contribution in [1.82, 2.24) is 5.32 Å². The monoisotopic (exact) mass is 147 g/mol. The molecule has 1 rings (SSSR count). The normalized spacial score (nSPS) is 35.2. The van der Waals surface area contributed by atoms with E-state index in [1.165, 1.54) is 0 Å². The molecule has 1 atom stereocenters. The van der Waals surface area contributed by atoms with Crippen LogP contribution in [0.15, 0.2) is 11.6 Å². The number of hydrogen-bond acceptors (Lipinski definition) is 3. The highest BCUT2D eigenvalue weighted by molar-refractivity contribution is 8.13. The fourth-order valence-electron chi connectivity index (χ4n) is 0.530. The first-order valence-electron chi connectivity index (χ1n) is 2.60. The smallest absolute Gasteiger partial charge is 0.131 e. The molecule has 1 N–H and O–H groups in total. The number of thiol groups is 1. The molecule has 0 saturated carbocycles. The molecule has 0 aromatic heterocycles. The fourth-order valence-corrected chi connectivity index (χ4v) is 1.45. The Balaban J connectivity index is 2.46. The van der Waals surface area contributed by atoms with E-state index in [1.807, 2.05) is 11.6 Å². The Morgan fingerprint density at radius 1 is 1.88 bits per heavy atom. The molecule has 1 unspecified atom stereocenters. The van der Waals surface area contributed by atoms with Gasteiger partial charge in [0.25, 0.3) is 0 Å². The summed E-state index contributed by atoms with van der Waals surface area (Å²) in [4.78, 5) is 0. The van der Waals surface area contributed by atoms with Crippen LogP contribution in [-0.4, -0.2) is 4.20 Å². The first-order valence-corrected chi connectivity index (χ1v) is 3.92. The maximum atomic E-state index is 4.37. The van der Waals surface area contributed by atoms with Gasteiger partial charge < -0.3 is 5.32 Å². The Labute approximate surface area is 59.3 Å². The van der Waals surface area contributed by atoms with E-state index in [2.05, 4.69) is 24.9 Å². The van der Waals surface area contributed by atoms with Crippen LogP contribution < -0.4 is 5.32 Å². The summed E-state index contributed by atoms with van der Waals surface area (Å²) in [5, 5.41) is 5.15. The van der Waals surface area contributed by atoms with Crippen LogP contribution in [0.4, 0.5) is 0 Å². The molecule has 46 valence electrons. The Hall–Kier alpha value is 0.240. The lowest BCUT2D eigenvalue weighted by molar-refractivity contribution is 0.716. The molecule has 1 aliphatic rings. The van der Waals surface area contributed by atoms with E-state index in [0.29, 0.717) is 0 Å². The van der Waals surface area contributed by atoms with Crippen LogP contribution in [0.2, 0.25) is 0 Å². The van der Waals surface area contributed by atoms with Crippen LogP contribution in [0.1, 0.15) is 13.3 Å². The molecular weight excluding hydrogens is 138 g/mol. The first-order chi connectivity index (χ1) is 3.77. The highest BCUT2D eigenvalue weighted by atomic mass is 32.2. The SMILES string of the molecule is CCC1(S)NC=CS1. The molecule has 1 nitrogen and oxygen atoms in total. The van der Waals surface area contributed by atoms with Gasteiger partial charge in [-0.1, -0.05) is 18.7 Å². The average molecular weight is 147 g/mol. The van der Waals surface area contributed by atoms with Gasteiger partial charge in [-0.2, -0.15) is 0 Å². The third kappa shape index (κ3) is 1.14. The van der Waals surface area contributed by atoms with Crippen molar-refractivity contribution in [2.75, 3.05) is 0 Å². The molecule has 0 spiro atoms. The third-order valence-electron chi connectivity index (χ3n) is 1.12. The lowest BCUT2D eigenvalue weighted by atomic mass is 10.5. The molecule has 0 aliphatic carbocycles. The van der Waals surface area contributed by atoms with Crippen molar-refractivity contribution < 1.29 is 0 Å². The second-order valence-electron chi connectivity index (χ2n) is 1.70. The highest BCUT2D eigenvalue weighted by Gasteiger charge is 2.23. The zero-order valence-electron chi connectivity index (χ0n) is 4.72.